The Labute approximate surface area is 74.9 Å². The molecular weight excluding hydrogens is 172 g/mol. The van der Waals surface area contributed by atoms with Gasteiger partial charge < -0.3 is 10.8 Å². The molecule has 1 aromatic rings. The Morgan fingerprint density at radius 3 is 2.69 bits per heavy atom. The minimum absolute atomic E-state index is 0.310. The fourth-order valence-electron chi connectivity index (χ4n) is 1.06. The van der Waals surface area contributed by atoms with Crippen molar-refractivity contribution in [1.29, 1.82) is 0 Å². The Hall–Kier alpha value is -1.62. The van der Waals surface area contributed by atoms with Gasteiger partial charge in [0.05, 0.1) is 4.92 Å². The van der Waals surface area contributed by atoms with Gasteiger partial charge in [-0.05, 0) is 6.92 Å². The number of nitro benzene ring substituents is 1. The van der Waals surface area contributed by atoms with Crippen LogP contribution in [0.3, 0.4) is 0 Å². The van der Waals surface area contributed by atoms with Crippen LogP contribution in [0.2, 0.25) is 0 Å². The first-order valence-electron chi connectivity index (χ1n) is 3.76. The molecule has 1 rings (SSSR count). The van der Waals surface area contributed by atoms with E-state index in [0.29, 0.717) is 5.56 Å². The van der Waals surface area contributed by atoms with Crippen molar-refractivity contribution in [2.24, 2.45) is 5.73 Å². The van der Waals surface area contributed by atoms with Crippen LogP contribution < -0.4 is 5.73 Å². The second-order valence-electron chi connectivity index (χ2n) is 2.76. The number of phenols is 1. The molecule has 0 aromatic heterocycles. The van der Waals surface area contributed by atoms with Crippen LogP contribution in [-0.2, 0) is 0 Å². The van der Waals surface area contributed by atoms with E-state index in [2.05, 4.69) is 0 Å². The van der Waals surface area contributed by atoms with Crippen LogP contribution in [0.4, 0.5) is 5.69 Å². The van der Waals surface area contributed by atoms with E-state index in [1.807, 2.05) is 0 Å². The molecule has 5 heteroatoms. The highest BCUT2D eigenvalue weighted by Crippen LogP contribution is 2.31. The lowest BCUT2D eigenvalue weighted by molar-refractivity contribution is -0.385. The third kappa shape index (κ3) is 1.75. The number of hydrogen-bond donors (Lipinski definition) is 2. The van der Waals surface area contributed by atoms with Gasteiger partial charge in [0.2, 0.25) is 0 Å². The number of nitro groups is 1. The zero-order valence-electron chi connectivity index (χ0n) is 7.10. The molecule has 1 aromatic carbocycles. The number of nitrogens with two attached hydrogens (primary N) is 1. The minimum atomic E-state index is -0.638. The highest BCUT2D eigenvalue weighted by molar-refractivity contribution is 5.51. The number of hydrogen-bond acceptors (Lipinski definition) is 4. The summed E-state index contributed by atoms with van der Waals surface area (Å²) < 4.78 is 0. The highest BCUT2D eigenvalue weighted by Gasteiger charge is 2.17. The number of rotatable bonds is 2. The van der Waals surface area contributed by atoms with Crippen molar-refractivity contribution in [2.45, 2.75) is 13.0 Å². The SMILES string of the molecule is C[C@@H](N)c1cccc([N+](=O)[O-])c1O. The molecule has 0 unspecified atom stereocenters. The van der Waals surface area contributed by atoms with Crippen LogP contribution in [0.5, 0.6) is 5.75 Å². The van der Waals surface area contributed by atoms with Gasteiger partial charge in [-0.25, -0.2) is 0 Å². The van der Waals surface area contributed by atoms with Crippen LogP contribution >= 0.6 is 0 Å². The Bertz CT molecular complexity index is 336. The topological polar surface area (TPSA) is 89.4 Å². The van der Waals surface area contributed by atoms with E-state index in [1.54, 1.807) is 13.0 Å². The maximum atomic E-state index is 10.4. The molecule has 0 heterocycles. The quantitative estimate of drug-likeness (QED) is 0.533. The zero-order chi connectivity index (χ0) is 10.0. The molecule has 5 nitrogen and oxygen atoms in total. The van der Waals surface area contributed by atoms with Crippen molar-refractivity contribution in [1.82, 2.24) is 0 Å². The average molecular weight is 182 g/mol. The monoisotopic (exact) mass is 182 g/mol. The average Bonchev–Trinajstić information content (AvgIpc) is 2.03. The predicted octanol–water partition coefficient (Wildman–Crippen LogP) is 1.32. The van der Waals surface area contributed by atoms with Gasteiger partial charge in [0.25, 0.3) is 0 Å². The first-order valence-corrected chi connectivity index (χ1v) is 3.76. The zero-order valence-corrected chi connectivity index (χ0v) is 7.10. The summed E-state index contributed by atoms with van der Waals surface area (Å²) in [4.78, 5) is 9.76. The van der Waals surface area contributed by atoms with Gasteiger partial charge in [-0.3, -0.25) is 10.1 Å². The molecule has 0 spiro atoms. The number of benzene rings is 1. The lowest BCUT2D eigenvalue weighted by Gasteiger charge is -2.07. The third-order valence-electron chi connectivity index (χ3n) is 1.73. The van der Waals surface area contributed by atoms with E-state index < -0.39 is 11.0 Å². The first-order chi connectivity index (χ1) is 6.04. The molecule has 3 N–H and O–H groups in total. The number of nitrogens with zero attached hydrogens (tertiary/aromatic N) is 1. The molecule has 0 amide bonds. The van der Waals surface area contributed by atoms with E-state index >= 15 is 0 Å². The van der Waals surface area contributed by atoms with E-state index in [1.165, 1.54) is 12.1 Å². The second kappa shape index (κ2) is 3.40. The largest absolute Gasteiger partial charge is 0.502 e. The number of para-hydroxylation sites is 1. The molecular formula is C8H10N2O3. The third-order valence-corrected chi connectivity index (χ3v) is 1.73. The highest BCUT2D eigenvalue weighted by atomic mass is 16.6. The van der Waals surface area contributed by atoms with E-state index in [-0.39, 0.29) is 11.4 Å². The Kier molecular flexibility index (Phi) is 2.48. The molecule has 1 atom stereocenters. The Morgan fingerprint density at radius 1 is 1.62 bits per heavy atom. The molecule has 0 aliphatic heterocycles. The molecule has 13 heavy (non-hydrogen) atoms. The molecule has 0 aliphatic rings. The standard InChI is InChI=1S/C8H10N2O3/c1-5(9)6-3-2-4-7(8(6)11)10(12)13/h2-5,11H,9H2,1H3/t5-/m1/s1. The molecule has 0 aliphatic carbocycles. The second-order valence-corrected chi connectivity index (χ2v) is 2.76. The molecule has 0 bridgehead atoms. The predicted molar refractivity (Wildman–Crippen MR) is 47.4 cm³/mol. The maximum Gasteiger partial charge on any atom is 0.311 e. The van der Waals surface area contributed by atoms with Crippen molar-refractivity contribution in [3.63, 3.8) is 0 Å². The fourth-order valence-corrected chi connectivity index (χ4v) is 1.06. The van der Waals surface area contributed by atoms with Crippen molar-refractivity contribution >= 4 is 5.69 Å². The fraction of sp³-hybridized carbons (Fsp3) is 0.250. The molecule has 0 fully saturated rings. The number of phenolic OH excluding ortho intramolecular Hbond substituents is 1. The summed E-state index contributed by atoms with van der Waals surface area (Å²) in [5, 5.41) is 19.8. The lowest BCUT2D eigenvalue weighted by atomic mass is 10.1. The summed E-state index contributed by atoms with van der Waals surface area (Å²) in [5.74, 6) is -0.345. The van der Waals surface area contributed by atoms with Gasteiger partial charge in [0.15, 0.2) is 5.75 Å². The lowest BCUT2D eigenvalue weighted by Crippen LogP contribution is -2.05. The van der Waals surface area contributed by atoms with Crippen LogP contribution in [-0.4, -0.2) is 10.0 Å². The van der Waals surface area contributed by atoms with Crippen LogP contribution in [0, 0.1) is 10.1 Å². The van der Waals surface area contributed by atoms with Gasteiger partial charge in [-0.15, -0.1) is 0 Å². The maximum absolute atomic E-state index is 10.4. The van der Waals surface area contributed by atoms with E-state index in [4.69, 9.17) is 5.73 Å². The first kappa shape index (κ1) is 9.47. The summed E-state index contributed by atoms with van der Waals surface area (Å²) in [6, 6.07) is 3.88. The Balaban J connectivity index is 3.26. The van der Waals surface area contributed by atoms with E-state index in [0.717, 1.165) is 0 Å². The smallest absolute Gasteiger partial charge is 0.311 e. The summed E-state index contributed by atoms with van der Waals surface area (Å²) in [6.45, 7) is 1.65. The summed E-state index contributed by atoms with van der Waals surface area (Å²) in [5.41, 5.74) is 5.57. The minimum Gasteiger partial charge on any atom is -0.502 e. The van der Waals surface area contributed by atoms with Crippen molar-refractivity contribution < 1.29 is 10.0 Å². The van der Waals surface area contributed by atoms with Crippen molar-refractivity contribution in [2.75, 3.05) is 0 Å². The summed E-state index contributed by atoms with van der Waals surface area (Å²) in [7, 11) is 0. The van der Waals surface area contributed by atoms with Gasteiger partial charge in [0, 0.05) is 17.7 Å². The van der Waals surface area contributed by atoms with Crippen LogP contribution in [0.1, 0.15) is 18.5 Å². The Morgan fingerprint density at radius 2 is 2.23 bits per heavy atom. The number of aromatic hydroxyl groups is 1. The van der Waals surface area contributed by atoms with Crippen molar-refractivity contribution in [3.8, 4) is 5.75 Å². The summed E-state index contributed by atoms with van der Waals surface area (Å²) >= 11 is 0. The van der Waals surface area contributed by atoms with Crippen molar-refractivity contribution in [3.05, 3.63) is 33.9 Å². The normalized spacial score (nSPS) is 12.5. The molecule has 70 valence electrons. The molecule has 0 radical (unpaired) electrons. The molecule has 0 saturated carbocycles. The van der Waals surface area contributed by atoms with Gasteiger partial charge >= 0.3 is 5.69 Å². The summed E-state index contributed by atoms with van der Waals surface area (Å²) in [6.07, 6.45) is 0. The van der Waals surface area contributed by atoms with E-state index in [9.17, 15) is 15.2 Å². The van der Waals surface area contributed by atoms with Gasteiger partial charge in [-0.2, -0.15) is 0 Å². The van der Waals surface area contributed by atoms with Crippen LogP contribution in [0.15, 0.2) is 18.2 Å². The molecule has 0 saturated heterocycles. The van der Waals surface area contributed by atoms with Crippen LogP contribution in [0.25, 0.3) is 0 Å². The van der Waals surface area contributed by atoms with Gasteiger partial charge in [0.1, 0.15) is 0 Å². The van der Waals surface area contributed by atoms with Gasteiger partial charge in [-0.1, -0.05) is 12.1 Å².